The van der Waals surface area contributed by atoms with Crippen molar-refractivity contribution < 1.29 is 27.8 Å². The van der Waals surface area contributed by atoms with Crippen molar-refractivity contribution in [1.29, 1.82) is 0 Å². The number of fused-ring (bicyclic) bond motifs is 2. The van der Waals surface area contributed by atoms with Crippen LogP contribution < -0.4 is 9.46 Å². The summed E-state index contributed by atoms with van der Waals surface area (Å²) in [5.74, 6) is 1.31. The van der Waals surface area contributed by atoms with Gasteiger partial charge in [-0.05, 0) is 63.3 Å². The van der Waals surface area contributed by atoms with Crippen LogP contribution in [0.1, 0.15) is 27.2 Å². The number of likely N-dealkylation sites (tertiary alicyclic amines) is 2. The van der Waals surface area contributed by atoms with Crippen molar-refractivity contribution in [3.63, 3.8) is 0 Å². The number of rotatable bonds is 7. The van der Waals surface area contributed by atoms with Crippen LogP contribution in [-0.2, 0) is 14.8 Å². The monoisotopic (exact) mass is 469 g/mol. The van der Waals surface area contributed by atoms with Crippen LogP contribution in [0.25, 0.3) is 0 Å². The van der Waals surface area contributed by atoms with E-state index in [1.165, 1.54) is 0 Å². The zero-order valence-electron chi connectivity index (χ0n) is 19.3. The lowest BCUT2D eigenvalue weighted by atomic mass is 9.84. The van der Waals surface area contributed by atoms with E-state index in [9.17, 15) is 18.3 Å². The van der Waals surface area contributed by atoms with E-state index in [2.05, 4.69) is 9.62 Å². The summed E-state index contributed by atoms with van der Waals surface area (Å²) in [5.41, 5.74) is -0.0367. The molecule has 3 rings (SSSR count). The fourth-order valence-corrected chi connectivity index (χ4v) is 4.95. The summed E-state index contributed by atoms with van der Waals surface area (Å²) in [5, 5.41) is 10.5. The highest BCUT2D eigenvalue weighted by molar-refractivity contribution is 7.92. The molecule has 2 aliphatic heterocycles. The Bertz CT molecular complexity index is 870. The van der Waals surface area contributed by atoms with Crippen LogP contribution >= 0.6 is 0 Å². The number of ether oxygens (including phenoxy) is 2. The topological polar surface area (TPSA) is 108 Å². The first-order valence-electron chi connectivity index (χ1n) is 11.0. The molecule has 2 fully saturated rings. The number of carbonyl (C=O) groups excluding carboxylic acids is 1. The fourth-order valence-electron chi connectivity index (χ4n) is 4.39. The van der Waals surface area contributed by atoms with Crippen LogP contribution in [0.2, 0.25) is 0 Å². The van der Waals surface area contributed by atoms with E-state index >= 15 is 0 Å². The predicted octanol–water partition coefficient (Wildman–Crippen LogP) is 1.99. The zero-order valence-corrected chi connectivity index (χ0v) is 20.1. The molecule has 0 spiro atoms. The van der Waals surface area contributed by atoms with Gasteiger partial charge in [0, 0.05) is 38.4 Å². The Kier molecular flexibility index (Phi) is 7.57. The molecule has 10 heteroatoms. The number of piperidine rings is 2. The number of aliphatic hydroxyl groups excluding tert-OH is 1. The number of sulfonamides is 1. The highest BCUT2D eigenvalue weighted by Gasteiger charge is 2.37. The van der Waals surface area contributed by atoms with Gasteiger partial charge in [0.15, 0.2) is 0 Å². The third-order valence-electron chi connectivity index (χ3n) is 5.38. The van der Waals surface area contributed by atoms with Gasteiger partial charge in [-0.2, -0.15) is 0 Å². The molecule has 2 heterocycles. The van der Waals surface area contributed by atoms with Gasteiger partial charge < -0.3 is 19.5 Å². The molecule has 9 nitrogen and oxygen atoms in total. The van der Waals surface area contributed by atoms with E-state index in [1.807, 2.05) is 25.7 Å². The minimum absolute atomic E-state index is 0.148. The van der Waals surface area contributed by atoms with E-state index in [1.54, 1.807) is 24.3 Å². The first-order valence-corrected chi connectivity index (χ1v) is 12.8. The van der Waals surface area contributed by atoms with E-state index in [0.717, 1.165) is 25.8 Å². The first kappa shape index (κ1) is 24.6. The molecular formula is C22H35N3O6S. The molecule has 1 aromatic rings. The van der Waals surface area contributed by atoms with Crippen LogP contribution in [0.15, 0.2) is 24.3 Å². The summed E-state index contributed by atoms with van der Waals surface area (Å²) in [6, 6.07) is 6.56. The van der Waals surface area contributed by atoms with Crippen molar-refractivity contribution in [3.8, 4) is 5.75 Å². The smallest absolute Gasteiger partial charge is 0.410 e. The maximum Gasteiger partial charge on any atom is 0.410 e. The molecule has 32 heavy (non-hydrogen) atoms. The molecular weight excluding hydrogens is 434 g/mol. The van der Waals surface area contributed by atoms with Crippen molar-refractivity contribution in [2.24, 2.45) is 11.8 Å². The Morgan fingerprint density at radius 2 is 1.75 bits per heavy atom. The van der Waals surface area contributed by atoms with Gasteiger partial charge in [0.2, 0.25) is 10.0 Å². The lowest BCUT2D eigenvalue weighted by Gasteiger charge is -2.46. The van der Waals surface area contributed by atoms with Gasteiger partial charge in [0.1, 0.15) is 24.1 Å². The second-order valence-corrected chi connectivity index (χ2v) is 11.7. The predicted molar refractivity (Wildman–Crippen MR) is 122 cm³/mol. The molecule has 1 aromatic carbocycles. The Labute approximate surface area is 190 Å². The van der Waals surface area contributed by atoms with Crippen LogP contribution in [0.3, 0.4) is 0 Å². The summed E-state index contributed by atoms with van der Waals surface area (Å²) in [6.07, 6.45) is 1.30. The minimum atomic E-state index is -3.32. The molecule has 180 valence electrons. The number of benzene rings is 1. The van der Waals surface area contributed by atoms with E-state index < -0.39 is 21.7 Å². The van der Waals surface area contributed by atoms with Gasteiger partial charge in [0.25, 0.3) is 0 Å². The van der Waals surface area contributed by atoms with Crippen LogP contribution in [0.5, 0.6) is 5.75 Å². The van der Waals surface area contributed by atoms with E-state index in [-0.39, 0.29) is 12.7 Å². The van der Waals surface area contributed by atoms with Crippen molar-refractivity contribution in [1.82, 2.24) is 9.80 Å². The van der Waals surface area contributed by atoms with E-state index in [4.69, 9.17) is 9.47 Å². The molecule has 3 atom stereocenters. The number of anilines is 1. The average molecular weight is 470 g/mol. The molecule has 0 saturated carbocycles. The maximum atomic E-state index is 12.4. The number of aliphatic hydroxyl groups is 1. The number of nitrogens with one attached hydrogen (secondary N) is 1. The fraction of sp³-hybridized carbons (Fsp3) is 0.682. The second-order valence-electron chi connectivity index (χ2n) is 9.94. The molecule has 0 aliphatic carbocycles. The van der Waals surface area contributed by atoms with Gasteiger partial charge in [-0.3, -0.25) is 9.62 Å². The summed E-state index contributed by atoms with van der Waals surface area (Å²) in [7, 11) is -3.32. The highest BCUT2D eigenvalue weighted by atomic mass is 32.2. The van der Waals surface area contributed by atoms with E-state index in [0.29, 0.717) is 42.9 Å². The SMILES string of the molecule is CC(C)(C)OC(=O)N1CC2CC(CN(CC(O)COc3ccc(NS(C)(=O)=O)cc3)C2)C1. The highest BCUT2D eigenvalue weighted by Crippen LogP contribution is 2.29. The van der Waals surface area contributed by atoms with Gasteiger partial charge in [-0.25, -0.2) is 13.2 Å². The van der Waals surface area contributed by atoms with Crippen molar-refractivity contribution in [3.05, 3.63) is 24.3 Å². The number of hydrogen-bond donors (Lipinski definition) is 2. The molecule has 0 radical (unpaired) electrons. The largest absolute Gasteiger partial charge is 0.491 e. The zero-order chi connectivity index (χ0) is 23.5. The Balaban J connectivity index is 1.43. The number of carbonyl (C=O) groups is 1. The van der Waals surface area contributed by atoms with Crippen molar-refractivity contribution in [2.45, 2.75) is 38.9 Å². The first-order chi connectivity index (χ1) is 14.9. The molecule has 2 N–H and O–H groups in total. The summed E-state index contributed by atoms with van der Waals surface area (Å²) < 4.78 is 36.1. The molecule has 0 aromatic heterocycles. The maximum absolute atomic E-state index is 12.4. The normalized spacial score (nSPS) is 22.8. The Hall–Kier alpha value is -2.04. The number of nitrogens with zero attached hydrogens (tertiary/aromatic N) is 2. The third-order valence-corrected chi connectivity index (χ3v) is 5.98. The molecule has 2 aliphatic rings. The molecule has 1 amide bonds. The minimum Gasteiger partial charge on any atom is -0.491 e. The van der Waals surface area contributed by atoms with Crippen molar-refractivity contribution in [2.75, 3.05) is 50.3 Å². The molecule has 2 bridgehead atoms. The van der Waals surface area contributed by atoms with Crippen LogP contribution in [-0.4, -0.2) is 86.7 Å². The number of amides is 1. The summed E-state index contributed by atoms with van der Waals surface area (Å²) in [6.45, 7) is 9.31. The van der Waals surface area contributed by atoms with Crippen molar-refractivity contribution >= 4 is 21.8 Å². The summed E-state index contributed by atoms with van der Waals surface area (Å²) >= 11 is 0. The van der Waals surface area contributed by atoms with Gasteiger partial charge in [0.05, 0.1) is 6.26 Å². The lowest BCUT2D eigenvalue weighted by molar-refractivity contribution is -0.0199. The number of β-amino-alcohol motifs (C(OH)–C–C–N with tert-alkyl or cyclic N) is 1. The van der Waals surface area contributed by atoms with Crippen LogP contribution in [0.4, 0.5) is 10.5 Å². The Morgan fingerprint density at radius 1 is 1.16 bits per heavy atom. The molecule has 2 saturated heterocycles. The second kappa shape index (κ2) is 9.84. The third kappa shape index (κ3) is 7.83. The quantitative estimate of drug-likeness (QED) is 0.629. The van der Waals surface area contributed by atoms with Gasteiger partial charge >= 0.3 is 6.09 Å². The number of hydrogen-bond acceptors (Lipinski definition) is 7. The van der Waals surface area contributed by atoms with Crippen LogP contribution in [0, 0.1) is 11.8 Å². The molecule has 3 unspecified atom stereocenters. The summed E-state index contributed by atoms with van der Waals surface area (Å²) in [4.78, 5) is 16.5. The Morgan fingerprint density at radius 3 is 2.28 bits per heavy atom. The lowest BCUT2D eigenvalue weighted by Crippen LogP contribution is -2.56. The van der Waals surface area contributed by atoms with Gasteiger partial charge in [-0.15, -0.1) is 0 Å². The standard InChI is InChI=1S/C22H35N3O6S/c1-22(2,3)31-21(27)25-12-16-9-17(13-25)11-24(10-16)14-19(26)15-30-20-7-5-18(6-8-20)23-32(4,28)29/h5-8,16-17,19,23,26H,9-15H2,1-4H3. The average Bonchev–Trinajstić information content (AvgIpc) is 2.64. The van der Waals surface area contributed by atoms with Gasteiger partial charge in [-0.1, -0.05) is 0 Å².